The van der Waals surface area contributed by atoms with E-state index < -0.39 is 0 Å². The molecule has 3 rings (SSSR count). The number of hydrogen-bond acceptors (Lipinski definition) is 4. The van der Waals surface area contributed by atoms with Gasteiger partial charge in [-0.1, -0.05) is 36.0 Å². The number of thioether (sulfide) groups is 1. The minimum absolute atomic E-state index is 0.161. The van der Waals surface area contributed by atoms with Gasteiger partial charge in [-0.15, -0.1) is 10.2 Å². The number of likely N-dealkylation sites (N-methyl/N-ethyl adjacent to an activating group) is 1. The van der Waals surface area contributed by atoms with Crippen LogP contribution in [0.15, 0.2) is 29.4 Å². The standard InChI is InChI=1S/C19H27N5OS/c1-5-23-10-12-24(13-11-23)18(25)15(3)26-19-21-20-17(22(19)4)16-9-7-6-8-14(16)2/h6-9,15H,5,10-13H2,1-4H3/p+1/t15-/m1/s1. The third kappa shape index (κ3) is 3.94. The van der Waals surface area contributed by atoms with E-state index in [2.05, 4.69) is 36.2 Å². The van der Waals surface area contributed by atoms with E-state index in [4.69, 9.17) is 0 Å². The average Bonchev–Trinajstić information content (AvgIpc) is 3.02. The van der Waals surface area contributed by atoms with Crippen LogP contribution in [-0.2, 0) is 11.8 Å². The summed E-state index contributed by atoms with van der Waals surface area (Å²) in [5, 5.41) is 9.30. The summed E-state index contributed by atoms with van der Waals surface area (Å²) in [6.07, 6.45) is 0. The Morgan fingerprint density at radius 2 is 1.96 bits per heavy atom. The normalized spacial score (nSPS) is 16.7. The number of piperazine rings is 1. The monoisotopic (exact) mass is 374 g/mol. The molecule has 1 aromatic heterocycles. The number of hydrogen-bond donors (Lipinski definition) is 1. The summed E-state index contributed by atoms with van der Waals surface area (Å²) < 4.78 is 1.98. The topological polar surface area (TPSA) is 55.5 Å². The Balaban J connectivity index is 1.68. The van der Waals surface area contributed by atoms with E-state index in [1.54, 1.807) is 4.90 Å². The van der Waals surface area contributed by atoms with Crippen LogP contribution in [-0.4, -0.2) is 63.5 Å². The highest BCUT2D eigenvalue weighted by Gasteiger charge is 2.28. The van der Waals surface area contributed by atoms with E-state index in [9.17, 15) is 4.79 Å². The molecule has 1 N–H and O–H groups in total. The second-order valence-electron chi connectivity index (χ2n) is 6.87. The van der Waals surface area contributed by atoms with Gasteiger partial charge in [0.05, 0.1) is 38.0 Å². The SMILES string of the molecule is CC[NH+]1CCN(C(=O)[C@@H](C)Sc2nnc(-c3ccccc3C)n2C)CC1. The molecule has 0 unspecified atom stereocenters. The molecule has 0 aliphatic carbocycles. The second kappa shape index (κ2) is 8.22. The molecule has 0 spiro atoms. The Kier molecular flexibility index (Phi) is 5.98. The number of carbonyl (C=O) groups excluding carboxylic acids is 1. The molecule has 2 aromatic rings. The van der Waals surface area contributed by atoms with E-state index in [-0.39, 0.29) is 11.2 Å². The zero-order chi connectivity index (χ0) is 18.7. The zero-order valence-corrected chi connectivity index (χ0v) is 16.8. The van der Waals surface area contributed by atoms with Gasteiger partial charge in [0.15, 0.2) is 11.0 Å². The molecule has 1 aliphatic rings. The van der Waals surface area contributed by atoms with Gasteiger partial charge in [0.25, 0.3) is 0 Å². The number of nitrogens with zero attached hydrogens (tertiary/aromatic N) is 4. The lowest BCUT2D eigenvalue weighted by Gasteiger charge is -2.32. The molecule has 140 valence electrons. The number of carbonyl (C=O) groups is 1. The van der Waals surface area contributed by atoms with Crippen molar-refractivity contribution in [2.75, 3.05) is 32.7 Å². The van der Waals surface area contributed by atoms with Gasteiger partial charge in [-0.2, -0.15) is 0 Å². The van der Waals surface area contributed by atoms with Crippen LogP contribution < -0.4 is 4.90 Å². The molecule has 6 nitrogen and oxygen atoms in total. The molecular weight excluding hydrogens is 346 g/mol. The second-order valence-corrected chi connectivity index (χ2v) is 8.18. The summed E-state index contributed by atoms with van der Waals surface area (Å²) in [4.78, 5) is 16.3. The van der Waals surface area contributed by atoms with Gasteiger partial charge >= 0.3 is 0 Å². The van der Waals surface area contributed by atoms with Gasteiger partial charge in [-0.25, -0.2) is 0 Å². The number of nitrogens with one attached hydrogen (secondary N) is 1. The Labute approximate surface area is 159 Å². The van der Waals surface area contributed by atoms with Crippen LogP contribution in [0, 0.1) is 6.92 Å². The lowest BCUT2D eigenvalue weighted by Crippen LogP contribution is -3.14. The molecule has 2 heterocycles. The number of aromatic nitrogens is 3. The van der Waals surface area contributed by atoms with Gasteiger partial charge in [0.1, 0.15) is 0 Å². The smallest absolute Gasteiger partial charge is 0.236 e. The fourth-order valence-electron chi connectivity index (χ4n) is 3.34. The van der Waals surface area contributed by atoms with Crippen molar-refractivity contribution in [1.82, 2.24) is 19.7 Å². The third-order valence-corrected chi connectivity index (χ3v) is 6.25. The first-order valence-corrected chi connectivity index (χ1v) is 10.1. The number of benzene rings is 1. The first-order valence-electron chi connectivity index (χ1n) is 9.25. The maximum Gasteiger partial charge on any atom is 0.236 e. The van der Waals surface area contributed by atoms with Crippen molar-refractivity contribution >= 4 is 17.7 Å². The number of aryl methyl sites for hydroxylation is 1. The Morgan fingerprint density at radius 1 is 1.27 bits per heavy atom. The van der Waals surface area contributed by atoms with Crippen molar-refractivity contribution < 1.29 is 9.69 Å². The number of rotatable bonds is 5. The zero-order valence-electron chi connectivity index (χ0n) is 16.0. The molecular formula is C19H28N5OS+. The quantitative estimate of drug-likeness (QED) is 0.794. The van der Waals surface area contributed by atoms with Crippen LogP contribution in [0.4, 0.5) is 0 Å². The minimum atomic E-state index is -0.161. The maximum atomic E-state index is 12.8. The molecule has 7 heteroatoms. The molecule has 0 bridgehead atoms. The predicted octanol–water partition coefficient (Wildman–Crippen LogP) is 1.02. The van der Waals surface area contributed by atoms with E-state index >= 15 is 0 Å². The van der Waals surface area contributed by atoms with Crippen LogP contribution in [0.2, 0.25) is 0 Å². The van der Waals surface area contributed by atoms with Gasteiger partial charge in [-0.05, 0) is 26.3 Å². The molecule has 1 aliphatic heterocycles. The summed E-state index contributed by atoms with van der Waals surface area (Å²) in [7, 11) is 1.96. The highest BCUT2D eigenvalue weighted by atomic mass is 32.2. The molecule has 0 radical (unpaired) electrons. The summed E-state index contributed by atoms with van der Waals surface area (Å²) in [6.45, 7) is 11.1. The van der Waals surface area contributed by atoms with E-state index in [1.807, 2.05) is 35.6 Å². The maximum absolute atomic E-state index is 12.8. The van der Waals surface area contributed by atoms with Crippen LogP contribution in [0.5, 0.6) is 0 Å². The molecule has 1 amide bonds. The number of amides is 1. The van der Waals surface area contributed by atoms with E-state index in [1.165, 1.54) is 17.3 Å². The van der Waals surface area contributed by atoms with Crippen LogP contribution in [0.25, 0.3) is 11.4 Å². The molecule has 1 fully saturated rings. The molecule has 0 saturated carbocycles. The fraction of sp³-hybridized carbons (Fsp3) is 0.526. The highest BCUT2D eigenvalue weighted by Crippen LogP contribution is 2.27. The molecule has 1 saturated heterocycles. The summed E-state index contributed by atoms with van der Waals surface area (Å²) in [6, 6.07) is 8.15. The molecule has 1 atom stereocenters. The third-order valence-electron chi connectivity index (χ3n) is 5.13. The van der Waals surface area contributed by atoms with Gasteiger partial charge in [0, 0.05) is 12.6 Å². The van der Waals surface area contributed by atoms with Crippen molar-refractivity contribution in [3.8, 4) is 11.4 Å². The number of quaternary nitrogens is 1. The highest BCUT2D eigenvalue weighted by molar-refractivity contribution is 8.00. The van der Waals surface area contributed by atoms with Crippen molar-refractivity contribution in [3.05, 3.63) is 29.8 Å². The van der Waals surface area contributed by atoms with Crippen LogP contribution in [0.1, 0.15) is 19.4 Å². The Hall–Kier alpha value is -1.86. The van der Waals surface area contributed by atoms with E-state index in [0.717, 1.165) is 49.3 Å². The van der Waals surface area contributed by atoms with Gasteiger partial charge in [-0.3, -0.25) is 4.79 Å². The van der Waals surface area contributed by atoms with Crippen molar-refractivity contribution in [2.24, 2.45) is 7.05 Å². The molecule has 1 aromatic carbocycles. The van der Waals surface area contributed by atoms with Gasteiger partial charge < -0.3 is 14.4 Å². The summed E-state index contributed by atoms with van der Waals surface area (Å²) in [5.74, 6) is 1.04. The summed E-state index contributed by atoms with van der Waals surface area (Å²) in [5.41, 5.74) is 2.24. The van der Waals surface area contributed by atoms with Crippen molar-refractivity contribution in [1.29, 1.82) is 0 Å². The largest absolute Gasteiger partial charge is 0.332 e. The summed E-state index contributed by atoms with van der Waals surface area (Å²) >= 11 is 1.49. The van der Waals surface area contributed by atoms with Crippen LogP contribution >= 0.6 is 11.8 Å². The van der Waals surface area contributed by atoms with Gasteiger partial charge in [0.2, 0.25) is 5.91 Å². The lowest BCUT2D eigenvalue weighted by atomic mass is 10.1. The predicted molar refractivity (Wildman–Crippen MR) is 104 cm³/mol. The molecule has 26 heavy (non-hydrogen) atoms. The lowest BCUT2D eigenvalue weighted by molar-refractivity contribution is -0.902. The Morgan fingerprint density at radius 3 is 2.62 bits per heavy atom. The van der Waals surface area contributed by atoms with Crippen LogP contribution in [0.3, 0.4) is 0 Å². The van der Waals surface area contributed by atoms with Crippen molar-refractivity contribution in [3.63, 3.8) is 0 Å². The fourth-order valence-corrected chi connectivity index (χ4v) is 4.24. The first-order chi connectivity index (χ1) is 12.5. The minimum Gasteiger partial charge on any atom is -0.332 e. The Bertz CT molecular complexity index is 767. The van der Waals surface area contributed by atoms with Crippen molar-refractivity contribution in [2.45, 2.75) is 31.2 Å². The first kappa shape index (κ1) is 18.9. The average molecular weight is 375 g/mol. The van der Waals surface area contributed by atoms with E-state index in [0.29, 0.717) is 0 Å².